The lowest BCUT2D eigenvalue weighted by Gasteiger charge is -2.25. The fourth-order valence-corrected chi connectivity index (χ4v) is 5.37. The molecular formula is C25H33N3O. The molecule has 1 aliphatic carbocycles. The van der Waals surface area contributed by atoms with Gasteiger partial charge in [0.2, 0.25) is 0 Å². The largest absolute Gasteiger partial charge is 0.493 e. The lowest BCUT2D eigenvalue weighted by atomic mass is 10.0. The summed E-state index contributed by atoms with van der Waals surface area (Å²) in [6.07, 6.45) is 10.8. The number of nitrogens with zero attached hydrogens (tertiary/aromatic N) is 3. The van der Waals surface area contributed by atoms with Crippen molar-refractivity contribution in [3.8, 4) is 17.0 Å². The van der Waals surface area contributed by atoms with Crippen molar-refractivity contribution >= 4 is 0 Å². The zero-order valence-electron chi connectivity index (χ0n) is 17.5. The van der Waals surface area contributed by atoms with Gasteiger partial charge in [-0.1, -0.05) is 6.07 Å². The van der Waals surface area contributed by atoms with E-state index in [4.69, 9.17) is 4.74 Å². The van der Waals surface area contributed by atoms with E-state index in [1.165, 1.54) is 75.8 Å². The maximum atomic E-state index is 6.40. The molecule has 4 nitrogen and oxygen atoms in total. The van der Waals surface area contributed by atoms with Gasteiger partial charge in [0.25, 0.3) is 0 Å². The highest BCUT2D eigenvalue weighted by atomic mass is 16.5. The van der Waals surface area contributed by atoms with Gasteiger partial charge >= 0.3 is 0 Å². The highest BCUT2D eigenvalue weighted by molar-refractivity contribution is 5.70. The Bertz CT molecular complexity index is 810. The van der Waals surface area contributed by atoms with Crippen molar-refractivity contribution in [2.75, 3.05) is 39.3 Å². The van der Waals surface area contributed by atoms with Crippen molar-refractivity contribution in [1.82, 2.24) is 14.8 Å². The summed E-state index contributed by atoms with van der Waals surface area (Å²) in [4.78, 5) is 9.87. The molecule has 2 saturated heterocycles. The van der Waals surface area contributed by atoms with Gasteiger partial charge in [-0.3, -0.25) is 9.88 Å². The Morgan fingerprint density at radius 2 is 1.83 bits per heavy atom. The molecule has 5 rings (SSSR count). The second kappa shape index (κ2) is 8.85. The smallest absolute Gasteiger partial charge is 0.129 e. The minimum absolute atomic E-state index is 0.581. The minimum atomic E-state index is 0.581. The lowest BCUT2D eigenvalue weighted by Crippen LogP contribution is -2.24. The van der Waals surface area contributed by atoms with Crippen LogP contribution in [-0.2, 0) is 6.42 Å². The Kier molecular flexibility index (Phi) is 5.82. The van der Waals surface area contributed by atoms with Crippen molar-refractivity contribution in [1.29, 1.82) is 0 Å². The molecule has 4 heteroatoms. The van der Waals surface area contributed by atoms with Crippen LogP contribution in [-0.4, -0.2) is 54.1 Å². The van der Waals surface area contributed by atoms with Gasteiger partial charge in [-0.2, -0.15) is 0 Å². The molecule has 2 fully saturated rings. The first-order valence-electron chi connectivity index (χ1n) is 11.6. The predicted molar refractivity (Wildman–Crippen MR) is 117 cm³/mol. The maximum Gasteiger partial charge on any atom is 0.129 e. The molecule has 0 bridgehead atoms. The number of aryl methyl sites for hydroxylation is 1. The van der Waals surface area contributed by atoms with Crippen LogP contribution in [0.15, 0.2) is 36.5 Å². The number of pyridine rings is 1. The van der Waals surface area contributed by atoms with Crippen LogP contribution in [0.1, 0.15) is 55.7 Å². The topological polar surface area (TPSA) is 28.6 Å². The van der Waals surface area contributed by atoms with Crippen LogP contribution in [0, 0.1) is 0 Å². The van der Waals surface area contributed by atoms with E-state index in [0.29, 0.717) is 6.04 Å². The molecule has 1 aromatic heterocycles. The monoisotopic (exact) mass is 391 g/mol. The number of ether oxygens (including phenoxy) is 1. The fraction of sp³-hybridized carbons (Fsp3) is 0.560. The Morgan fingerprint density at radius 1 is 1.00 bits per heavy atom. The van der Waals surface area contributed by atoms with Crippen molar-refractivity contribution in [2.45, 2.75) is 51.0 Å². The van der Waals surface area contributed by atoms with Gasteiger partial charge in [0.1, 0.15) is 5.75 Å². The van der Waals surface area contributed by atoms with E-state index >= 15 is 0 Å². The van der Waals surface area contributed by atoms with Gasteiger partial charge in [-0.15, -0.1) is 0 Å². The van der Waals surface area contributed by atoms with Gasteiger partial charge in [0, 0.05) is 24.3 Å². The van der Waals surface area contributed by atoms with E-state index in [1.807, 2.05) is 12.3 Å². The third kappa shape index (κ3) is 4.19. The standard InChI is InChI=1S/C25H33N3O/c1-2-11-26-23(8-1)22-18-20-9-10-24(28-15-5-6-16-28)21(20)19-25(22)29-17-7-14-27-12-3-4-13-27/h1-2,8,11,18-19,24H,3-7,9-10,12-17H2. The van der Waals surface area contributed by atoms with Gasteiger partial charge < -0.3 is 9.64 Å². The summed E-state index contributed by atoms with van der Waals surface area (Å²) in [7, 11) is 0. The van der Waals surface area contributed by atoms with E-state index in [9.17, 15) is 0 Å². The average Bonchev–Trinajstić information content (AvgIpc) is 3.52. The first-order chi connectivity index (χ1) is 14.4. The van der Waals surface area contributed by atoms with E-state index < -0.39 is 0 Å². The number of fused-ring (bicyclic) bond motifs is 1. The van der Waals surface area contributed by atoms with E-state index in [2.05, 4.69) is 39.0 Å². The molecular weight excluding hydrogens is 358 g/mol. The first kappa shape index (κ1) is 19.1. The third-order valence-corrected chi connectivity index (χ3v) is 6.88. The molecule has 3 heterocycles. The number of likely N-dealkylation sites (tertiary alicyclic amines) is 2. The molecule has 0 amide bonds. The average molecular weight is 392 g/mol. The van der Waals surface area contributed by atoms with Crippen LogP contribution in [0.4, 0.5) is 0 Å². The van der Waals surface area contributed by atoms with Crippen LogP contribution in [0.25, 0.3) is 11.3 Å². The summed E-state index contributed by atoms with van der Waals surface area (Å²) in [5.41, 5.74) is 5.18. The van der Waals surface area contributed by atoms with Crippen molar-refractivity contribution in [3.05, 3.63) is 47.7 Å². The molecule has 154 valence electrons. The van der Waals surface area contributed by atoms with Gasteiger partial charge in [0.05, 0.1) is 12.3 Å². The summed E-state index contributed by atoms with van der Waals surface area (Å²) in [5.74, 6) is 1.02. The highest BCUT2D eigenvalue weighted by Gasteiger charge is 2.31. The van der Waals surface area contributed by atoms with Crippen molar-refractivity contribution in [2.24, 2.45) is 0 Å². The number of hydrogen-bond acceptors (Lipinski definition) is 4. The molecule has 2 aromatic rings. The molecule has 1 atom stereocenters. The third-order valence-electron chi connectivity index (χ3n) is 6.88. The number of aromatic nitrogens is 1. The molecule has 0 radical (unpaired) electrons. The summed E-state index contributed by atoms with van der Waals surface area (Å²) in [6.45, 7) is 6.95. The number of hydrogen-bond donors (Lipinski definition) is 0. The molecule has 2 aliphatic heterocycles. The summed E-state index contributed by atoms with van der Waals surface area (Å²) in [5, 5.41) is 0. The van der Waals surface area contributed by atoms with Crippen LogP contribution < -0.4 is 4.74 Å². The van der Waals surface area contributed by atoms with Crippen LogP contribution in [0.2, 0.25) is 0 Å². The minimum Gasteiger partial charge on any atom is -0.493 e. The quantitative estimate of drug-likeness (QED) is 0.640. The molecule has 1 aromatic carbocycles. The first-order valence-corrected chi connectivity index (χ1v) is 11.6. The normalized spacial score (nSPS) is 22.3. The summed E-state index contributed by atoms with van der Waals surface area (Å²) < 4.78 is 6.40. The molecule has 0 saturated carbocycles. The Hall–Kier alpha value is -1.91. The molecule has 1 unspecified atom stereocenters. The van der Waals surface area contributed by atoms with Crippen LogP contribution >= 0.6 is 0 Å². The molecule has 0 spiro atoms. The molecule has 0 N–H and O–H groups in total. The highest BCUT2D eigenvalue weighted by Crippen LogP contribution is 2.43. The van der Waals surface area contributed by atoms with Gasteiger partial charge in [0.15, 0.2) is 0 Å². The zero-order chi connectivity index (χ0) is 19.5. The SMILES string of the molecule is c1ccc(-c2cc3c(cc2OCCCN2CCCC2)C(N2CCCC2)CC3)nc1. The van der Waals surface area contributed by atoms with Gasteiger partial charge in [-0.25, -0.2) is 0 Å². The summed E-state index contributed by atoms with van der Waals surface area (Å²) >= 11 is 0. The fourth-order valence-electron chi connectivity index (χ4n) is 5.37. The summed E-state index contributed by atoms with van der Waals surface area (Å²) in [6, 6.07) is 11.5. The number of rotatable bonds is 7. The molecule has 3 aliphatic rings. The molecule has 29 heavy (non-hydrogen) atoms. The van der Waals surface area contributed by atoms with E-state index in [1.54, 1.807) is 0 Å². The van der Waals surface area contributed by atoms with E-state index in [0.717, 1.165) is 36.6 Å². The van der Waals surface area contributed by atoms with E-state index in [-0.39, 0.29) is 0 Å². The zero-order valence-corrected chi connectivity index (χ0v) is 17.5. The second-order valence-corrected chi connectivity index (χ2v) is 8.81. The van der Waals surface area contributed by atoms with Crippen molar-refractivity contribution < 1.29 is 4.74 Å². The Morgan fingerprint density at radius 3 is 2.62 bits per heavy atom. The second-order valence-electron chi connectivity index (χ2n) is 8.81. The van der Waals surface area contributed by atoms with Gasteiger partial charge in [-0.05, 0) is 107 Å². The number of benzene rings is 1. The predicted octanol–water partition coefficient (Wildman–Crippen LogP) is 4.70. The Balaban J connectivity index is 1.37. The van der Waals surface area contributed by atoms with Crippen LogP contribution in [0.3, 0.4) is 0 Å². The maximum absolute atomic E-state index is 6.40. The van der Waals surface area contributed by atoms with Crippen molar-refractivity contribution in [3.63, 3.8) is 0 Å². The lowest BCUT2D eigenvalue weighted by molar-refractivity contribution is 0.243. The Labute approximate surface area is 174 Å². The van der Waals surface area contributed by atoms with Crippen LogP contribution in [0.5, 0.6) is 5.75 Å².